The molecule has 1 aromatic heterocycles. The molecule has 0 aliphatic carbocycles. The lowest BCUT2D eigenvalue weighted by atomic mass is 10.2. The summed E-state index contributed by atoms with van der Waals surface area (Å²) in [5.41, 5.74) is -0.00974. The summed E-state index contributed by atoms with van der Waals surface area (Å²) in [6.07, 6.45) is 1.11. The standard InChI is InChI=1S/C25H22N4O6S/c1-16-5-3-4-6-22(16)29-24(31)21(23(30)27-25(29)32)15-26-17-9-13-20(14-10-17)36(33,34)28-18-7-11-19(35-2)12-8-18/h3-15,28,31H,1-2H3,(H,27,30,32). The SMILES string of the molecule is COc1ccc(NS(=O)(=O)c2ccc(N=Cc3c(O)n(-c4ccccc4C)c(=O)[nH]c3=O)cc2)cc1. The van der Waals surface area contributed by atoms with E-state index in [1.807, 2.05) is 0 Å². The molecule has 10 nitrogen and oxygen atoms in total. The number of aromatic amines is 1. The van der Waals surface area contributed by atoms with Crippen LogP contribution in [0.5, 0.6) is 11.6 Å². The number of benzene rings is 3. The molecule has 0 bridgehead atoms. The molecule has 0 spiro atoms. The molecule has 0 radical (unpaired) electrons. The predicted octanol–water partition coefficient (Wildman–Crippen LogP) is 3.10. The van der Waals surface area contributed by atoms with Gasteiger partial charge in [-0.1, -0.05) is 18.2 Å². The Balaban J connectivity index is 1.60. The number of aliphatic imine (C=N–C) groups is 1. The number of ether oxygens (including phenoxy) is 1. The van der Waals surface area contributed by atoms with Gasteiger partial charge in [0.2, 0.25) is 5.88 Å². The van der Waals surface area contributed by atoms with Crippen LogP contribution in [-0.4, -0.2) is 36.4 Å². The highest BCUT2D eigenvalue weighted by atomic mass is 32.2. The van der Waals surface area contributed by atoms with Crippen LogP contribution in [0, 0.1) is 6.92 Å². The summed E-state index contributed by atoms with van der Waals surface area (Å²) in [4.78, 5) is 31.0. The average molecular weight is 507 g/mol. The zero-order valence-electron chi connectivity index (χ0n) is 19.3. The first kappa shape index (κ1) is 24.5. The van der Waals surface area contributed by atoms with Gasteiger partial charge in [0.1, 0.15) is 11.3 Å². The Morgan fingerprint density at radius 3 is 2.31 bits per heavy atom. The maximum Gasteiger partial charge on any atom is 0.335 e. The second-order valence-corrected chi connectivity index (χ2v) is 9.39. The molecule has 3 N–H and O–H groups in total. The molecule has 0 atom stereocenters. The highest BCUT2D eigenvalue weighted by molar-refractivity contribution is 7.92. The molecule has 0 aliphatic rings. The predicted molar refractivity (Wildman–Crippen MR) is 137 cm³/mol. The van der Waals surface area contributed by atoms with E-state index in [4.69, 9.17) is 4.74 Å². The van der Waals surface area contributed by atoms with Crippen molar-refractivity contribution in [2.24, 2.45) is 4.99 Å². The largest absolute Gasteiger partial charge is 0.497 e. The van der Waals surface area contributed by atoms with E-state index in [1.54, 1.807) is 55.5 Å². The van der Waals surface area contributed by atoms with Gasteiger partial charge in [-0.3, -0.25) is 19.5 Å². The Labute approximate surface area is 206 Å². The van der Waals surface area contributed by atoms with Crippen LogP contribution in [0.4, 0.5) is 11.4 Å². The number of H-pyrrole nitrogens is 1. The summed E-state index contributed by atoms with van der Waals surface area (Å²) in [6, 6.07) is 18.9. The maximum atomic E-state index is 12.7. The van der Waals surface area contributed by atoms with Crippen LogP contribution in [0.3, 0.4) is 0 Å². The van der Waals surface area contributed by atoms with Crippen molar-refractivity contribution >= 4 is 27.6 Å². The second-order valence-electron chi connectivity index (χ2n) is 7.70. The van der Waals surface area contributed by atoms with Crippen LogP contribution >= 0.6 is 0 Å². The zero-order valence-corrected chi connectivity index (χ0v) is 20.1. The van der Waals surface area contributed by atoms with E-state index in [0.717, 1.165) is 10.8 Å². The minimum Gasteiger partial charge on any atom is -0.497 e. The molecular weight excluding hydrogens is 484 g/mol. The number of hydrogen-bond acceptors (Lipinski definition) is 7. The van der Waals surface area contributed by atoms with Crippen molar-refractivity contribution in [2.45, 2.75) is 11.8 Å². The Morgan fingerprint density at radius 1 is 1.00 bits per heavy atom. The number of aryl methyl sites for hydroxylation is 1. The van der Waals surface area contributed by atoms with Gasteiger partial charge < -0.3 is 9.84 Å². The lowest BCUT2D eigenvalue weighted by Gasteiger charge is -2.11. The first-order chi connectivity index (χ1) is 17.2. The first-order valence-electron chi connectivity index (χ1n) is 10.6. The van der Waals surface area contributed by atoms with Gasteiger partial charge in [-0.25, -0.2) is 17.8 Å². The number of nitrogens with zero attached hydrogens (tertiary/aromatic N) is 2. The van der Waals surface area contributed by atoms with E-state index in [1.165, 1.54) is 31.4 Å². The molecule has 1 heterocycles. The molecular formula is C25H22N4O6S. The van der Waals surface area contributed by atoms with E-state index < -0.39 is 27.2 Å². The molecule has 4 aromatic rings. The third-order valence-corrected chi connectivity index (χ3v) is 6.71. The molecule has 0 fully saturated rings. The number of rotatable bonds is 7. The van der Waals surface area contributed by atoms with Gasteiger partial charge in [0, 0.05) is 11.9 Å². The highest BCUT2D eigenvalue weighted by Gasteiger charge is 2.16. The summed E-state index contributed by atoms with van der Waals surface area (Å²) in [6.45, 7) is 1.76. The topological polar surface area (TPSA) is 143 Å². The van der Waals surface area contributed by atoms with E-state index in [9.17, 15) is 23.1 Å². The Morgan fingerprint density at radius 2 is 1.67 bits per heavy atom. The van der Waals surface area contributed by atoms with Gasteiger partial charge in [0.05, 0.1) is 23.4 Å². The number of nitrogens with one attached hydrogen (secondary N) is 2. The van der Waals surface area contributed by atoms with Crippen LogP contribution in [0.25, 0.3) is 5.69 Å². The monoisotopic (exact) mass is 506 g/mol. The van der Waals surface area contributed by atoms with Crippen molar-refractivity contribution in [1.29, 1.82) is 0 Å². The Hall–Kier alpha value is -4.64. The van der Waals surface area contributed by atoms with Gasteiger partial charge >= 0.3 is 5.69 Å². The zero-order chi connectivity index (χ0) is 25.9. The van der Waals surface area contributed by atoms with Crippen LogP contribution < -0.4 is 20.7 Å². The lowest BCUT2D eigenvalue weighted by molar-refractivity contribution is 0.415. The molecule has 36 heavy (non-hydrogen) atoms. The third-order valence-electron chi connectivity index (χ3n) is 5.31. The molecule has 11 heteroatoms. The summed E-state index contributed by atoms with van der Waals surface area (Å²) in [5, 5.41) is 10.7. The van der Waals surface area contributed by atoms with Crippen LogP contribution in [-0.2, 0) is 10.0 Å². The number of para-hydroxylation sites is 1. The Kier molecular flexibility index (Phi) is 6.75. The van der Waals surface area contributed by atoms with E-state index in [2.05, 4.69) is 14.7 Å². The number of anilines is 1. The normalized spacial score (nSPS) is 11.5. The van der Waals surface area contributed by atoms with Crippen LogP contribution in [0.15, 0.2) is 92.3 Å². The number of methoxy groups -OCH3 is 1. The van der Waals surface area contributed by atoms with Gasteiger partial charge in [-0.2, -0.15) is 0 Å². The maximum absolute atomic E-state index is 12.7. The number of hydrogen-bond donors (Lipinski definition) is 3. The fraction of sp³-hybridized carbons (Fsp3) is 0.0800. The van der Waals surface area contributed by atoms with E-state index >= 15 is 0 Å². The number of aromatic hydroxyl groups is 1. The van der Waals surface area contributed by atoms with Crippen molar-refractivity contribution in [2.75, 3.05) is 11.8 Å². The second kappa shape index (κ2) is 9.92. The fourth-order valence-corrected chi connectivity index (χ4v) is 4.47. The minimum atomic E-state index is -3.85. The highest BCUT2D eigenvalue weighted by Crippen LogP contribution is 2.22. The molecule has 0 amide bonds. The fourth-order valence-electron chi connectivity index (χ4n) is 3.42. The van der Waals surface area contributed by atoms with Crippen molar-refractivity contribution in [1.82, 2.24) is 9.55 Å². The molecule has 3 aromatic carbocycles. The third kappa shape index (κ3) is 5.05. The van der Waals surface area contributed by atoms with E-state index in [0.29, 0.717) is 28.4 Å². The molecule has 0 saturated carbocycles. The molecule has 0 unspecified atom stereocenters. The summed E-state index contributed by atoms with van der Waals surface area (Å²) in [5.74, 6) is 0.0315. The van der Waals surface area contributed by atoms with Crippen molar-refractivity contribution < 1.29 is 18.3 Å². The molecule has 0 saturated heterocycles. The van der Waals surface area contributed by atoms with Crippen molar-refractivity contribution in [3.05, 3.63) is 105 Å². The Bertz CT molecular complexity index is 1660. The molecule has 184 valence electrons. The van der Waals surface area contributed by atoms with E-state index in [-0.39, 0.29) is 10.5 Å². The average Bonchev–Trinajstić information content (AvgIpc) is 2.85. The first-order valence-corrected chi connectivity index (χ1v) is 12.1. The summed E-state index contributed by atoms with van der Waals surface area (Å²) < 4.78 is 33.9. The van der Waals surface area contributed by atoms with Gasteiger partial charge in [0.25, 0.3) is 15.6 Å². The smallest absolute Gasteiger partial charge is 0.335 e. The van der Waals surface area contributed by atoms with Crippen molar-refractivity contribution in [3.8, 4) is 17.3 Å². The lowest BCUT2D eigenvalue weighted by Crippen LogP contribution is -2.31. The molecule has 0 aliphatic heterocycles. The molecule has 4 rings (SSSR count). The van der Waals surface area contributed by atoms with Crippen molar-refractivity contribution in [3.63, 3.8) is 0 Å². The number of aromatic nitrogens is 2. The van der Waals surface area contributed by atoms with Crippen LogP contribution in [0.1, 0.15) is 11.1 Å². The van der Waals surface area contributed by atoms with Gasteiger partial charge in [-0.05, 0) is 67.1 Å². The van der Waals surface area contributed by atoms with Gasteiger partial charge in [0.15, 0.2) is 0 Å². The quantitative estimate of drug-likeness (QED) is 0.329. The van der Waals surface area contributed by atoms with Crippen LogP contribution in [0.2, 0.25) is 0 Å². The van der Waals surface area contributed by atoms with Gasteiger partial charge in [-0.15, -0.1) is 0 Å². The summed E-state index contributed by atoms with van der Waals surface area (Å²) >= 11 is 0. The number of sulfonamides is 1. The minimum absolute atomic E-state index is 0.00562. The summed E-state index contributed by atoms with van der Waals surface area (Å²) in [7, 11) is -2.34.